The zero-order chi connectivity index (χ0) is 10.4. The number of likely N-dealkylation sites (N-methyl/N-ethyl adjacent to an activating group) is 1. The minimum absolute atomic E-state index is 0.839. The highest BCUT2D eigenvalue weighted by atomic mass is 15.2. The third-order valence-electron chi connectivity index (χ3n) is 3.09. The summed E-state index contributed by atoms with van der Waals surface area (Å²) in [5.41, 5.74) is 0. The van der Waals surface area contributed by atoms with Crippen molar-refractivity contribution in [2.24, 2.45) is 5.92 Å². The van der Waals surface area contributed by atoms with Crippen molar-refractivity contribution in [1.82, 2.24) is 10.2 Å². The molecule has 0 aromatic carbocycles. The Labute approximate surface area is 89.1 Å². The summed E-state index contributed by atoms with van der Waals surface area (Å²) in [4.78, 5) is 2.48. The van der Waals surface area contributed by atoms with Crippen molar-refractivity contribution in [2.75, 3.05) is 26.7 Å². The summed E-state index contributed by atoms with van der Waals surface area (Å²) < 4.78 is 0. The smallest absolute Gasteiger partial charge is 0.0107 e. The molecule has 1 aliphatic carbocycles. The van der Waals surface area contributed by atoms with E-state index in [1.54, 1.807) is 0 Å². The Morgan fingerprint density at radius 1 is 1.43 bits per heavy atom. The fraction of sp³-hybridized carbons (Fsp3) is 1.00. The van der Waals surface area contributed by atoms with Crippen LogP contribution in [0.5, 0.6) is 0 Å². The van der Waals surface area contributed by atoms with Crippen LogP contribution in [0.15, 0.2) is 0 Å². The SMILES string of the molecule is CCCC(C)CNCCN(C)C1CC1. The van der Waals surface area contributed by atoms with Crippen LogP contribution in [0.1, 0.15) is 39.5 Å². The second-order valence-corrected chi connectivity index (χ2v) is 4.81. The molecule has 0 aliphatic heterocycles. The molecule has 0 radical (unpaired) electrons. The van der Waals surface area contributed by atoms with Gasteiger partial charge in [0, 0.05) is 19.1 Å². The Morgan fingerprint density at radius 2 is 2.14 bits per heavy atom. The van der Waals surface area contributed by atoms with Gasteiger partial charge in [-0.2, -0.15) is 0 Å². The molecule has 1 rings (SSSR count). The van der Waals surface area contributed by atoms with Gasteiger partial charge in [-0.15, -0.1) is 0 Å². The topological polar surface area (TPSA) is 15.3 Å². The van der Waals surface area contributed by atoms with Crippen LogP contribution in [-0.2, 0) is 0 Å². The summed E-state index contributed by atoms with van der Waals surface area (Å²) in [6.45, 7) is 8.15. The van der Waals surface area contributed by atoms with Crippen molar-refractivity contribution in [3.63, 3.8) is 0 Å². The quantitative estimate of drug-likeness (QED) is 0.601. The van der Waals surface area contributed by atoms with E-state index in [1.807, 2.05) is 0 Å². The number of nitrogens with one attached hydrogen (secondary N) is 1. The molecule has 14 heavy (non-hydrogen) atoms. The largest absolute Gasteiger partial charge is 0.315 e. The predicted octanol–water partition coefficient (Wildman–Crippen LogP) is 2.11. The highest BCUT2D eigenvalue weighted by Gasteiger charge is 2.25. The average molecular weight is 198 g/mol. The predicted molar refractivity (Wildman–Crippen MR) is 62.6 cm³/mol. The highest BCUT2D eigenvalue weighted by Crippen LogP contribution is 2.24. The Hall–Kier alpha value is -0.0800. The van der Waals surface area contributed by atoms with Gasteiger partial charge < -0.3 is 10.2 Å². The summed E-state index contributed by atoms with van der Waals surface area (Å²) in [5, 5.41) is 3.54. The maximum Gasteiger partial charge on any atom is 0.0107 e. The van der Waals surface area contributed by atoms with Gasteiger partial charge in [-0.1, -0.05) is 20.3 Å². The Balaban J connectivity index is 1.87. The standard InChI is InChI=1S/C12H26N2/c1-4-5-11(2)10-13-8-9-14(3)12-6-7-12/h11-13H,4-10H2,1-3H3. The summed E-state index contributed by atoms with van der Waals surface area (Å²) >= 11 is 0. The van der Waals surface area contributed by atoms with Crippen molar-refractivity contribution >= 4 is 0 Å². The lowest BCUT2D eigenvalue weighted by Crippen LogP contribution is -2.32. The van der Waals surface area contributed by atoms with Crippen LogP contribution in [0.2, 0.25) is 0 Å². The van der Waals surface area contributed by atoms with Crippen LogP contribution in [0.25, 0.3) is 0 Å². The molecule has 0 bridgehead atoms. The van der Waals surface area contributed by atoms with E-state index in [1.165, 1.54) is 38.8 Å². The molecule has 84 valence electrons. The Kier molecular flexibility index (Phi) is 5.49. The highest BCUT2D eigenvalue weighted by molar-refractivity contribution is 4.82. The second-order valence-electron chi connectivity index (χ2n) is 4.81. The third-order valence-corrected chi connectivity index (χ3v) is 3.09. The number of rotatable bonds is 8. The molecular weight excluding hydrogens is 172 g/mol. The first-order valence-electron chi connectivity index (χ1n) is 6.15. The van der Waals surface area contributed by atoms with E-state index in [2.05, 4.69) is 31.1 Å². The third kappa shape index (κ3) is 4.97. The number of nitrogens with zero attached hydrogens (tertiary/aromatic N) is 1. The first-order chi connectivity index (χ1) is 6.74. The zero-order valence-electron chi connectivity index (χ0n) is 10.1. The van der Waals surface area contributed by atoms with Crippen LogP contribution in [0.4, 0.5) is 0 Å². The van der Waals surface area contributed by atoms with Gasteiger partial charge in [-0.05, 0) is 38.8 Å². The number of hydrogen-bond acceptors (Lipinski definition) is 2. The van der Waals surface area contributed by atoms with E-state index in [-0.39, 0.29) is 0 Å². The molecule has 0 heterocycles. The van der Waals surface area contributed by atoms with Crippen molar-refractivity contribution in [1.29, 1.82) is 0 Å². The summed E-state index contributed by atoms with van der Waals surface area (Å²) in [7, 11) is 2.24. The lowest BCUT2D eigenvalue weighted by molar-refractivity contribution is 0.317. The van der Waals surface area contributed by atoms with Gasteiger partial charge in [-0.25, -0.2) is 0 Å². The molecule has 0 aromatic rings. The molecule has 1 atom stereocenters. The zero-order valence-corrected chi connectivity index (χ0v) is 10.1. The molecule has 0 aromatic heterocycles. The van der Waals surface area contributed by atoms with Gasteiger partial charge >= 0.3 is 0 Å². The van der Waals surface area contributed by atoms with Crippen molar-refractivity contribution < 1.29 is 0 Å². The number of hydrogen-bond donors (Lipinski definition) is 1. The van der Waals surface area contributed by atoms with Crippen molar-refractivity contribution in [3.8, 4) is 0 Å². The average Bonchev–Trinajstić information content (AvgIpc) is 2.95. The molecule has 0 amide bonds. The molecule has 1 unspecified atom stereocenters. The van der Waals surface area contributed by atoms with Gasteiger partial charge in [0.2, 0.25) is 0 Å². The van der Waals surface area contributed by atoms with Crippen LogP contribution < -0.4 is 5.32 Å². The first kappa shape index (κ1) is 12.0. The van der Waals surface area contributed by atoms with E-state index in [0.717, 1.165) is 18.5 Å². The summed E-state index contributed by atoms with van der Waals surface area (Å²) in [5.74, 6) is 0.839. The Morgan fingerprint density at radius 3 is 2.71 bits per heavy atom. The second kappa shape index (κ2) is 6.41. The fourth-order valence-corrected chi connectivity index (χ4v) is 1.90. The van der Waals surface area contributed by atoms with Crippen LogP contribution >= 0.6 is 0 Å². The first-order valence-corrected chi connectivity index (χ1v) is 6.15. The lowest BCUT2D eigenvalue weighted by Gasteiger charge is -2.17. The van der Waals surface area contributed by atoms with E-state index in [4.69, 9.17) is 0 Å². The molecular formula is C12H26N2. The molecule has 2 nitrogen and oxygen atoms in total. The van der Waals surface area contributed by atoms with Gasteiger partial charge in [-0.3, -0.25) is 0 Å². The lowest BCUT2D eigenvalue weighted by atomic mass is 10.1. The molecule has 1 saturated carbocycles. The van der Waals surface area contributed by atoms with Crippen molar-refractivity contribution in [2.45, 2.75) is 45.6 Å². The normalized spacial score (nSPS) is 18.9. The van der Waals surface area contributed by atoms with Gasteiger partial charge in [0.15, 0.2) is 0 Å². The maximum absolute atomic E-state index is 3.54. The van der Waals surface area contributed by atoms with Crippen LogP contribution in [-0.4, -0.2) is 37.6 Å². The molecule has 0 spiro atoms. The molecule has 1 aliphatic rings. The molecule has 2 heteroatoms. The fourth-order valence-electron chi connectivity index (χ4n) is 1.90. The molecule has 0 saturated heterocycles. The minimum atomic E-state index is 0.839. The maximum atomic E-state index is 3.54. The summed E-state index contributed by atoms with van der Waals surface area (Å²) in [6.07, 6.45) is 5.50. The van der Waals surface area contributed by atoms with Gasteiger partial charge in [0.25, 0.3) is 0 Å². The van der Waals surface area contributed by atoms with Crippen LogP contribution in [0, 0.1) is 5.92 Å². The Bertz CT molecular complexity index is 143. The molecule has 1 N–H and O–H groups in total. The minimum Gasteiger partial charge on any atom is -0.315 e. The molecule has 1 fully saturated rings. The van der Waals surface area contributed by atoms with Crippen molar-refractivity contribution in [3.05, 3.63) is 0 Å². The van der Waals surface area contributed by atoms with E-state index >= 15 is 0 Å². The van der Waals surface area contributed by atoms with E-state index in [0.29, 0.717) is 0 Å². The van der Waals surface area contributed by atoms with Gasteiger partial charge in [0.1, 0.15) is 0 Å². The van der Waals surface area contributed by atoms with E-state index < -0.39 is 0 Å². The van der Waals surface area contributed by atoms with Crippen LogP contribution in [0.3, 0.4) is 0 Å². The monoisotopic (exact) mass is 198 g/mol. The van der Waals surface area contributed by atoms with Gasteiger partial charge in [0.05, 0.1) is 0 Å². The van der Waals surface area contributed by atoms with E-state index in [9.17, 15) is 0 Å². The summed E-state index contributed by atoms with van der Waals surface area (Å²) in [6, 6.07) is 0.907.